The van der Waals surface area contributed by atoms with Gasteiger partial charge in [-0.3, -0.25) is 14.5 Å². The van der Waals surface area contributed by atoms with E-state index >= 15 is 4.39 Å². The van der Waals surface area contributed by atoms with Crippen molar-refractivity contribution in [3.05, 3.63) is 59.4 Å². The summed E-state index contributed by atoms with van der Waals surface area (Å²) in [5.74, 6) is -1.87. The van der Waals surface area contributed by atoms with Crippen LogP contribution in [0, 0.1) is 17.7 Å². The number of carbonyl (C=O) groups is 2. The van der Waals surface area contributed by atoms with Crippen molar-refractivity contribution in [3.63, 3.8) is 0 Å². The Bertz CT molecular complexity index is 1330. The van der Waals surface area contributed by atoms with Crippen molar-refractivity contribution in [2.45, 2.75) is 69.0 Å². The van der Waals surface area contributed by atoms with Crippen LogP contribution in [-0.2, 0) is 9.59 Å². The van der Waals surface area contributed by atoms with Crippen molar-refractivity contribution < 1.29 is 28.2 Å². The largest absolute Gasteiger partial charge is 0.497 e. The molecular weight excluding hydrogens is 552 g/mol. The first-order chi connectivity index (χ1) is 20.7. The maximum absolute atomic E-state index is 17.4. The molecule has 3 saturated heterocycles. The van der Waals surface area contributed by atoms with E-state index in [4.69, 9.17) is 4.74 Å². The number of halogens is 2. The average Bonchev–Trinajstić information content (AvgIpc) is 3.76. The van der Waals surface area contributed by atoms with Gasteiger partial charge >= 0.3 is 5.97 Å². The first-order valence-corrected chi connectivity index (χ1v) is 15.8. The van der Waals surface area contributed by atoms with E-state index < -0.39 is 23.5 Å². The number of amides is 1. The lowest BCUT2D eigenvalue weighted by molar-refractivity contribution is -0.143. The fourth-order valence-corrected chi connectivity index (χ4v) is 8.09. The van der Waals surface area contributed by atoms with E-state index in [1.165, 1.54) is 12.1 Å². The summed E-state index contributed by atoms with van der Waals surface area (Å²) in [5.41, 5.74) is 0.466. The highest BCUT2D eigenvalue weighted by Crippen LogP contribution is 2.46. The highest BCUT2D eigenvalue weighted by Gasteiger charge is 2.57. The molecule has 0 spiro atoms. The van der Waals surface area contributed by atoms with Gasteiger partial charge in [0.2, 0.25) is 5.67 Å². The normalized spacial score (nSPS) is 29.0. The first kappa shape index (κ1) is 29.9. The zero-order valence-electron chi connectivity index (χ0n) is 25.2. The van der Waals surface area contributed by atoms with Crippen LogP contribution in [0.3, 0.4) is 0 Å². The van der Waals surface area contributed by atoms with Crippen LogP contribution in [0.1, 0.15) is 68.4 Å². The zero-order chi connectivity index (χ0) is 30.3. The minimum absolute atomic E-state index is 0.0556. The number of carbonyl (C=O) groups excluding carboxylic acids is 1. The smallest absolute Gasteiger partial charge is 0.306 e. The van der Waals surface area contributed by atoms with E-state index in [1.54, 1.807) is 18.1 Å². The Morgan fingerprint density at radius 1 is 0.977 bits per heavy atom. The molecule has 0 radical (unpaired) electrons. The lowest BCUT2D eigenvalue weighted by Gasteiger charge is -2.35. The summed E-state index contributed by atoms with van der Waals surface area (Å²) in [6, 6.07) is 12.5. The minimum atomic E-state index is -2.05. The number of likely N-dealkylation sites (tertiary alicyclic amines) is 2. The summed E-state index contributed by atoms with van der Waals surface area (Å²) in [4.78, 5) is 31.7. The number of benzene rings is 2. The minimum Gasteiger partial charge on any atom is -0.497 e. The van der Waals surface area contributed by atoms with Crippen LogP contribution < -0.4 is 9.64 Å². The molecule has 2 aromatic rings. The monoisotopic (exact) mass is 595 g/mol. The Balaban J connectivity index is 1.25. The number of hydrogen-bond donors (Lipinski definition) is 1. The van der Waals surface area contributed by atoms with Gasteiger partial charge in [0, 0.05) is 62.8 Å². The summed E-state index contributed by atoms with van der Waals surface area (Å²) in [6.45, 7) is 4.56. The molecule has 7 nitrogen and oxygen atoms in total. The number of rotatable bonds is 7. The summed E-state index contributed by atoms with van der Waals surface area (Å²) in [7, 11) is 1.60. The lowest BCUT2D eigenvalue weighted by Crippen LogP contribution is -2.50. The van der Waals surface area contributed by atoms with Crippen molar-refractivity contribution in [1.82, 2.24) is 9.80 Å². The summed E-state index contributed by atoms with van der Waals surface area (Å²) >= 11 is 0. The third kappa shape index (κ3) is 5.73. The Hall–Kier alpha value is -3.20. The number of methoxy groups -OCH3 is 1. The molecule has 1 aliphatic carbocycles. The molecule has 1 saturated carbocycles. The second-order valence-electron chi connectivity index (χ2n) is 13.2. The fourth-order valence-electron chi connectivity index (χ4n) is 8.09. The summed E-state index contributed by atoms with van der Waals surface area (Å²) in [6.07, 6.45) is 5.37. The maximum atomic E-state index is 17.4. The number of nitrogens with zero attached hydrogens (tertiary/aromatic N) is 3. The molecule has 9 heteroatoms. The fraction of sp³-hybridized carbons (Fsp3) is 0.588. The molecule has 6 rings (SSSR count). The number of hydrogen-bond acceptors (Lipinski definition) is 5. The molecule has 2 aromatic carbocycles. The Morgan fingerprint density at radius 3 is 2.33 bits per heavy atom. The lowest BCUT2D eigenvalue weighted by atomic mass is 9.85. The second kappa shape index (κ2) is 12.1. The molecule has 1 N–H and O–H groups in total. The molecule has 4 aliphatic rings. The predicted octanol–water partition coefficient (Wildman–Crippen LogP) is 5.45. The molecule has 43 heavy (non-hydrogen) atoms. The van der Waals surface area contributed by atoms with Crippen molar-refractivity contribution in [2.75, 3.05) is 51.3 Å². The molecule has 4 fully saturated rings. The van der Waals surface area contributed by atoms with Crippen LogP contribution >= 0.6 is 0 Å². The van der Waals surface area contributed by atoms with Crippen LogP contribution in [0.15, 0.2) is 42.5 Å². The molecule has 0 aromatic heterocycles. The van der Waals surface area contributed by atoms with Crippen LogP contribution in [0.4, 0.5) is 14.5 Å². The average molecular weight is 596 g/mol. The topological polar surface area (TPSA) is 73.3 Å². The van der Waals surface area contributed by atoms with E-state index in [1.807, 2.05) is 24.3 Å². The SMILES string of the molecule is COc1ccc([C@@H]2CN(C3CCCC3)C[C@@]2(F)C(=O)N2C[C@H](c3ccc(F)cc3N3CCC(C(=O)O)CC3)[C@@H](C)C2)cc1. The van der Waals surface area contributed by atoms with E-state index in [2.05, 4.69) is 16.7 Å². The van der Waals surface area contributed by atoms with E-state index in [9.17, 15) is 19.1 Å². The number of piperidine rings is 1. The highest BCUT2D eigenvalue weighted by molar-refractivity contribution is 5.88. The van der Waals surface area contributed by atoms with Gasteiger partial charge in [0.1, 0.15) is 11.6 Å². The molecule has 0 bridgehead atoms. The Labute approximate surface area is 252 Å². The second-order valence-corrected chi connectivity index (χ2v) is 13.2. The van der Waals surface area contributed by atoms with Gasteiger partial charge in [0.15, 0.2) is 0 Å². The number of anilines is 1. The van der Waals surface area contributed by atoms with E-state index in [-0.39, 0.29) is 30.1 Å². The van der Waals surface area contributed by atoms with Crippen LogP contribution in [-0.4, -0.2) is 84.9 Å². The summed E-state index contributed by atoms with van der Waals surface area (Å²) < 4.78 is 37.3. The van der Waals surface area contributed by atoms with Crippen molar-refractivity contribution >= 4 is 17.6 Å². The van der Waals surface area contributed by atoms with Gasteiger partial charge in [0.05, 0.1) is 13.0 Å². The maximum Gasteiger partial charge on any atom is 0.306 e. The van der Waals surface area contributed by atoms with Gasteiger partial charge in [0.25, 0.3) is 5.91 Å². The Morgan fingerprint density at radius 2 is 1.67 bits per heavy atom. The molecule has 1 amide bonds. The van der Waals surface area contributed by atoms with E-state index in [0.29, 0.717) is 57.4 Å². The van der Waals surface area contributed by atoms with Gasteiger partial charge in [-0.1, -0.05) is 38.0 Å². The quantitative estimate of drug-likeness (QED) is 0.459. The van der Waals surface area contributed by atoms with Crippen LogP contribution in [0.2, 0.25) is 0 Å². The molecule has 232 valence electrons. The zero-order valence-corrected chi connectivity index (χ0v) is 25.2. The van der Waals surface area contributed by atoms with Crippen molar-refractivity contribution in [2.24, 2.45) is 11.8 Å². The number of aliphatic carboxylic acids is 1. The Kier molecular flexibility index (Phi) is 8.37. The van der Waals surface area contributed by atoms with Crippen LogP contribution in [0.5, 0.6) is 5.75 Å². The molecular formula is C34H43F2N3O4. The summed E-state index contributed by atoms with van der Waals surface area (Å²) in [5, 5.41) is 9.43. The molecule has 4 atom stereocenters. The first-order valence-electron chi connectivity index (χ1n) is 15.8. The number of alkyl halides is 1. The van der Waals surface area contributed by atoms with Crippen LogP contribution in [0.25, 0.3) is 0 Å². The molecule has 3 aliphatic heterocycles. The van der Waals surface area contributed by atoms with Gasteiger partial charge in [-0.25, -0.2) is 8.78 Å². The van der Waals surface area contributed by atoms with Crippen molar-refractivity contribution in [3.8, 4) is 5.75 Å². The van der Waals surface area contributed by atoms with Crippen molar-refractivity contribution in [1.29, 1.82) is 0 Å². The third-order valence-electron chi connectivity index (χ3n) is 10.6. The third-order valence-corrected chi connectivity index (χ3v) is 10.6. The van der Waals surface area contributed by atoms with Gasteiger partial charge in [-0.2, -0.15) is 0 Å². The van der Waals surface area contributed by atoms with Gasteiger partial charge < -0.3 is 19.6 Å². The number of ether oxygens (including phenoxy) is 1. The molecule has 0 unspecified atom stereocenters. The highest BCUT2D eigenvalue weighted by atomic mass is 19.1. The number of carboxylic acids is 1. The molecule has 3 heterocycles. The van der Waals surface area contributed by atoms with Gasteiger partial charge in [-0.05, 0) is 67.0 Å². The predicted molar refractivity (Wildman–Crippen MR) is 161 cm³/mol. The van der Waals surface area contributed by atoms with E-state index in [0.717, 1.165) is 42.5 Å². The number of carboxylic acid groups (broad SMARTS) is 1. The van der Waals surface area contributed by atoms with Gasteiger partial charge in [-0.15, -0.1) is 0 Å². The standard InChI is InChI=1S/C34H43F2N3O4/c1-22-18-38(19-29(22)28-12-9-25(35)17-31(28)37-15-13-24(14-16-37)32(40)41)33(42)34(36)21-39(26-5-3-4-6-26)20-30(34)23-7-10-27(43-2)11-8-23/h7-12,17,22,24,26,29-30H,3-6,13-16,18-21H2,1-2H3,(H,40,41)/t22-,29-,30-,34-/m0/s1.